The highest BCUT2D eigenvalue weighted by Gasteiger charge is 2.12. The number of fused-ring (bicyclic) bond motifs is 1. The minimum atomic E-state index is -0.526. The van der Waals surface area contributed by atoms with E-state index < -0.39 is 11.7 Å². The van der Waals surface area contributed by atoms with E-state index in [1.807, 2.05) is 0 Å². The zero-order valence-corrected chi connectivity index (χ0v) is 12.4. The summed E-state index contributed by atoms with van der Waals surface area (Å²) in [6, 6.07) is 12.8. The highest BCUT2D eigenvalue weighted by molar-refractivity contribution is 5.91. The Hall–Kier alpha value is -3.02. The molecular weight excluding hydrogens is 297 g/mol. The van der Waals surface area contributed by atoms with Gasteiger partial charge in [0.15, 0.2) is 0 Å². The molecule has 1 aromatic heterocycles. The highest BCUT2D eigenvalue weighted by atomic mass is 19.1. The van der Waals surface area contributed by atoms with Crippen LogP contribution in [0.4, 0.5) is 10.1 Å². The first-order chi connectivity index (χ1) is 11.1. The summed E-state index contributed by atoms with van der Waals surface area (Å²) in [5.41, 5.74) is 0.370. The van der Waals surface area contributed by atoms with E-state index in [0.29, 0.717) is 16.7 Å². The van der Waals surface area contributed by atoms with Crippen LogP contribution in [0.3, 0.4) is 0 Å². The zero-order valence-electron chi connectivity index (χ0n) is 12.4. The second-order valence-corrected chi connectivity index (χ2v) is 5.10. The van der Waals surface area contributed by atoms with Gasteiger partial charge in [0, 0.05) is 0 Å². The molecule has 6 heteroatoms. The molecule has 0 unspecified atom stereocenters. The van der Waals surface area contributed by atoms with Crippen molar-refractivity contribution < 1.29 is 9.18 Å². The number of nitrogens with zero attached hydrogens (tertiary/aromatic N) is 2. The van der Waals surface area contributed by atoms with E-state index in [4.69, 9.17) is 0 Å². The maximum Gasteiger partial charge on any atom is 0.261 e. The van der Waals surface area contributed by atoms with Crippen molar-refractivity contribution in [2.75, 3.05) is 5.32 Å². The molecule has 0 bridgehead atoms. The lowest BCUT2D eigenvalue weighted by Gasteiger charge is -2.11. The standard InChI is InChI=1S/C17H14FN3O2/c1-11-19-14-8-4-2-6-12(14)17(23)21(11)10-16(22)20-15-9-5-3-7-13(15)18/h2-9H,10H2,1H3,(H,20,22). The Bertz CT molecular complexity index is 950. The van der Waals surface area contributed by atoms with E-state index in [9.17, 15) is 14.0 Å². The Balaban J connectivity index is 1.91. The molecule has 3 aromatic rings. The molecule has 0 fully saturated rings. The number of aryl methyl sites for hydroxylation is 1. The maximum absolute atomic E-state index is 13.6. The number of anilines is 1. The van der Waals surface area contributed by atoms with Gasteiger partial charge in [-0.05, 0) is 31.2 Å². The smallest absolute Gasteiger partial charge is 0.261 e. The third kappa shape index (κ3) is 2.96. The van der Waals surface area contributed by atoms with E-state index in [1.54, 1.807) is 37.3 Å². The molecule has 0 atom stereocenters. The summed E-state index contributed by atoms with van der Waals surface area (Å²) < 4.78 is 14.8. The number of hydrogen-bond acceptors (Lipinski definition) is 3. The van der Waals surface area contributed by atoms with Crippen LogP contribution in [0.5, 0.6) is 0 Å². The van der Waals surface area contributed by atoms with Crippen molar-refractivity contribution in [2.45, 2.75) is 13.5 Å². The number of aromatic nitrogens is 2. The molecule has 0 radical (unpaired) electrons. The van der Waals surface area contributed by atoms with Crippen molar-refractivity contribution in [3.05, 3.63) is 70.5 Å². The van der Waals surface area contributed by atoms with Crippen molar-refractivity contribution in [1.29, 1.82) is 0 Å². The molecule has 0 aliphatic rings. The van der Waals surface area contributed by atoms with Crippen molar-refractivity contribution in [3.63, 3.8) is 0 Å². The summed E-state index contributed by atoms with van der Waals surface area (Å²) in [6.07, 6.45) is 0. The average Bonchev–Trinajstić information content (AvgIpc) is 2.54. The van der Waals surface area contributed by atoms with Gasteiger partial charge in [0.2, 0.25) is 5.91 Å². The van der Waals surface area contributed by atoms with Crippen LogP contribution in [0.1, 0.15) is 5.82 Å². The van der Waals surface area contributed by atoms with Gasteiger partial charge in [-0.25, -0.2) is 9.37 Å². The first-order valence-electron chi connectivity index (χ1n) is 7.07. The average molecular weight is 311 g/mol. The molecule has 0 saturated heterocycles. The van der Waals surface area contributed by atoms with Crippen molar-refractivity contribution in [2.24, 2.45) is 0 Å². The Morgan fingerprint density at radius 1 is 1.17 bits per heavy atom. The summed E-state index contributed by atoms with van der Waals surface area (Å²) >= 11 is 0. The zero-order chi connectivity index (χ0) is 16.4. The largest absolute Gasteiger partial charge is 0.322 e. The Kier molecular flexibility index (Phi) is 3.89. The van der Waals surface area contributed by atoms with Crippen molar-refractivity contribution in [3.8, 4) is 0 Å². The fourth-order valence-corrected chi connectivity index (χ4v) is 2.36. The number of halogens is 1. The molecule has 23 heavy (non-hydrogen) atoms. The number of carbonyl (C=O) groups is 1. The first kappa shape index (κ1) is 14.9. The van der Waals surface area contributed by atoms with Gasteiger partial charge in [-0.2, -0.15) is 0 Å². The van der Waals surface area contributed by atoms with Crippen LogP contribution in [0.25, 0.3) is 10.9 Å². The second kappa shape index (κ2) is 6.00. The van der Waals surface area contributed by atoms with E-state index in [2.05, 4.69) is 10.3 Å². The number of hydrogen-bond donors (Lipinski definition) is 1. The van der Waals surface area contributed by atoms with E-state index in [0.717, 1.165) is 0 Å². The summed E-state index contributed by atoms with van der Waals surface area (Å²) in [7, 11) is 0. The lowest BCUT2D eigenvalue weighted by molar-refractivity contribution is -0.116. The molecule has 0 aliphatic heterocycles. The quantitative estimate of drug-likeness (QED) is 0.808. The summed E-state index contributed by atoms with van der Waals surface area (Å²) in [4.78, 5) is 28.9. The number of nitrogens with one attached hydrogen (secondary N) is 1. The Morgan fingerprint density at radius 2 is 1.87 bits per heavy atom. The number of rotatable bonds is 3. The van der Waals surface area contributed by atoms with E-state index >= 15 is 0 Å². The van der Waals surface area contributed by atoms with Gasteiger partial charge in [-0.1, -0.05) is 24.3 Å². The van der Waals surface area contributed by atoms with Gasteiger partial charge in [0.25, 0.3) is 5.56 Å². The van der Waals surface area contributed by atoms with Gasteiger partial charge < -0.3 is 5.32 Å². The maximum atomic E-state index is 13.6. The molecule has 0 aliphatic carbocycles. The molecule has 1 amide bonds. The van der Waals surface area contributed by atoms with Crippen LogP contribution >= 0.6 is 0 Å². The van der Waals surface area contributed by atoms with Crippen LogP contribution < -0.4 is 10.9 Å². The molecule has 116 valence electrons. The molecular formula is C17H14FN3O2. The molecule has 1 N–H and O–H groups in total. The summed E-state index contributed by atoms with van der Waals surface area (Å²) in [5.74, 6) is -0.587. The van der Waals surface area contributed by atoms with Crippen LogP contribution in [0.15, 0.2) is 53.3 Å². The number of amides is 1. The fourth-order valence-electron chi connectivity index (χ4n) is 2.36. The van der Waals surface area contributed by atoms with Crippen LogP contribution in [0, 0.1) is 12.7 Å². The van der Waals surface area contributed by atoms with Gasteiger partial charge in [0.05, 0.1) is 16.6 Å². The first-order valence-corrected chi connectivity index (χ1v) is 7.07. The molecule has 0 saturated carbocycles. The molecule has 5 nitrogen and oxygen atoms in total. The summed E-state index contributed by atoms with van der Waals surface area (Å²) in [6.45, 7) is 1.43. The van der Waals surface area contributed by atoms with E-state index in [-0.39, 0.29) is 17.8 Å². The number of carbonyl (C=O) groups excluding carboxylic acids is 1. The predicted octanol–water partition coefficient (Wildman–Crippen LogP) is 2.48. The minimum absolute atomic E-state index is 0.0805. The third-order valence-electron chi connectivity index (χ3n) is 3.50. The monoisotopic (exact) mass is 311 g/mol. The number of benzene rings is 2. The van der Waals surface area contributed by atoms with Gasteiger partial charge in [-0.3, -0.25) is 14.2 Å². The Labute approximate surface area is 131 Å². The molecule has 3 rings (SSSR count). The lowest BCUT2D eigenvalue weighted by Crippen LogP contribution is -2.30. The van der Waals surface area contributed by atoms with Crippen molar-refractivity contribution in [1.82, 2.24) is 9.55 Å². The van der Waals surface area contributed by atoms with Crippen LogP contribution in [-0.4, -0.2) is 15.5 Å². The van der Waals surface area contributed by atoms with Gasteiger partial charge in [0.1, 0.15) is 18.2 Å². The molecule has 1 heterocycles. The third-order valence-corrected chi connectivity index (χ3v) is 3.50. The summed E-state index contributed by atoms with van der Waals surface area (Å²) in [5, 5.41) is 2.90. The molecule has 0 spiro atoms. The van der Waals surface area contributed by atoms with E-state index in [1.165, 1.54) is 22.8 Å². The Morgan fingerprint density at radius 3 is 2.65 bits per heavy atom. The molecule has 2 aromatic carbocycles. The van der Waals surface area contributed by atoms with Crippen molar-refractivity contribution >= 4 is 22.5 Å². The van der Waals surface area contributed by atoms with Crippen LogP contribution in [-0.2, 0) is 11.3 Å². The number of para-hydroxylation sites is 2. The van der Waals surface area contributed by atoms with Gasteiger partial charge >= 0.3 is 0 Å². The normalized spacial score (nSPS) is 10.7. The SMILES string of the molecule is Cc1nc2ccccc2c(=O)n1CC(=O)Nc1ccccc1F. The lowest BCUT2D eigenvalue weighted by atomic mass is 10.2. The second-order valence-electron chi connectivity index (χ2n) is 5.10. The van der Waals surface area contributed by atoms with Gasteiger partial charge in [-0.15, -0.1) is 0 Å². The minimum Gasteiger partial charge on any atom is -0.322 e. The fraction of sp³-hybridized carbons (Fsp3) is 0.118. The predicted molar refractivity (Wildman–Crippen MR) is 85.8 cm³/mol. The topological polar surface area (TPSA) is 64.0 Å². The van der Waals surface area contributed by atoms with Crippen LogP contribution in [0.2, 0.25) is 0 Å². The highest BCUT2D eigenvalue weighted by Crippen LogP contribution is 2.12.